The second kappa shape index (κ2) is 5.72. The average Bonchev–Trinajstić information content (AvgIpc) is 2.54. The average molecular weight is 285 g/mol. The lowest BCUT2D eigenvalue weighted by Crippen LogP contribution is -2.40. The molecule has 0 spiro atoms. The van der Waals surface area contributed by atoms with Crippen molar-refractivity contribution in [1.82, 2.24) is 4.90 Å². The Morgan fingerprint density at radius 1 is 1.19 bits per heavy atom. The molecule has 3 rings (SSSR count). The highest BCUT2D eigenvalue weighted by molar-refractivity contribution is 5.88. The smallest absolute Gasteiger partial charge is 0.335 e. The molecule has 21 heavy (non-hydrogen) atoms. The number of rotatable bonds is 2. The number of hydrogen-bond acceptors (Lipinski definition) is 2. The Morgan fingerprint density at radius 2 is 2.05 bits per heavy atom. The minimum atomic E-state index is -0.918. The van der Waals surface area contributed by atoms with Crippen molar-refractivity contribution in [3.8, 4) is 0 Å². The number of allylic oxidation sites excluding steroid dienone is 2. The molecule has 1 aliphatic heterocycles. The highest BCUT2D eigenvalue weighted by Gasteiger charge is 2.27. The maximum Gasteiger partial charge on any atom is 0.335 e. The summed E-state index contributed by atoms with van der Waals surface area (Å²) in [5.41, 5.74) is 2.43. The van der Waals surface area contributed by atoms with Gasteiger partial charge in [-0.25, -0.2) is 4.79 Å². The van der Waals surface area contributed by atoms with Crippen molar-refractivity contribution in [2.24, 2.45) is 5.92 Å². The molecule has 0 radical (unpaired) electrons. The zero-order valence-corrected chi connectivity index (χ0v) is 11.9. The highest BCUT2D eigenvalue weighted by atomic mass is 16.4. The molecule has 1 unspecified atom stereocenters. The van der Waals surface area contributed by atoms with Crippen molar-refractivity contribution in [3.05, 3.63) is 47.0 Å². The van der Waals surface area contributed by atoms with Gasteiger partial charge >= 0.3 is 5.97 Å². The van der Waals surface area contributed by atoms with E-state index in [9.17, 15) is 9.59 Å². The largest absolute Gasteiger partial charge is 0.478 e. The van der Waals surface area contributed by atoms with Gasteiger partial charge in [-0.3, -0.25) is 4.79 Å². The SMILES string of the molecule is O=C(O)c1ccc2c(c1)CN(C(=O)C1CC=CCC1)CC2. The summed E-state index contributed by atoms with van der Waals surface area (Å²) in [4.78, 5) is 25.5. The number of aromatic carboxylic acids is 1. The molecule has 110 valence electrons. The first-order valence-corrected chi connectivity index (χ1v) is 7.44. The molecular weight excluding hydrogens is 266 g/mol. The maximum atomic E-state index is 12.6. The number of carbonyl (C=O) groups excluding carboxylic acids is 1. The lowest BCUT2D eigenvalue weighted by molar-refractivity contribution is -0.136. The normalized spacial score (nSPS) is 21.0. The molecule has 0 aromatic heterocycles. The molecule has 2 aliphatic rings. The summed E-state index contributed by atoms with van der Waals surface area (Å²) in [5, 5.41) is 9.08. The minimum absolute atomic E-state index is 0.0965. The molecule has 0 saturated heterocycles. The molecule has 0 fully saturated rings. The molecule has 0 saturated carbocycles. The van der Waals surface area contributed by atoms with E-state index in [1.165, 1.54) is 0 Å². The van der Waals surface area contributed by atoms with Crippen molar-refractivity contribution in [2.75, 3.05) is 6.54 Å². The Balaban J connectivity index is 1.76. The van der Waals surface area contributed by atoms with Crippen LogP contribution in [0.1, 0.15) is 40.7 Å². The Labute approximate surface area is 124 Å². The van der Waals surface area contributed by atoms with Gasteiger partial charge in [0.25, 0.3) is 0 Å². The summed E-state index contributed by atoms with van der Waals surface area (Å²) >= 11 is 0. The Hall–Kier alpha value is -2.10. The van der Waals surface area contributed by atoms with Gasteiger partial charge < -0.3 is 10.0 Å². The van der Waals surface area contributed by atoms with Gasteiger partial charge in [0.2, 0.25) is 5.91 Å². The molecular formula is C17H19NO3. The van der Waals surface area contributed by atoms with Gasteiger partial charge in [0, 0.05) is 19.0 Å². The van der Waals surface area contributed by atoms with Gasteiger partial charge in [-0.1, -0.05) is 18.2 Å². The number of fused-ring (bicyclic) bond motifs is 1. The van der Waals surface area contributed by atoms with Crippen LogP contribution in [0.25, 0.3) is 0 Å². The van der Waals surface area contributed by atoms with E-state index in [1.807, 2.05) is 11.0 Å². The standard InChI is InChI=1S/C17H19NO3/c19-16(13-4-2-1-3-5-13)18-9-8-12-6-7-14(17(20)21)10-15(12)11-18/h1-2,6-7,10,13H,3-5,8-9,11H2,(H,20,21). The van der Waals surface area contributed by atoms with Crippen LogP contribution < -0.4 is 0 Å². The summed E-state index contributed by atoms with van der Waals surface area (Å²) in [6, 6.07) is 5.23. The number of amides is 1. The van der Waals surface area contributed by atoms with Crippen molar-refractivity contribution in [1.29, 1.82) is 0 Å². The van der Waals surface area contributed by atoms with Crippen molar-refractivity contribution >= 4 is 11.9 Å². The molecule has 0 bridgehead atoms. The van der Waals surface area contributed by atoms with Gasteiger partial charge in [-0.15, -0.1) is 0 Å². The summed E-state index contributed by atoms with van der Waals surface area (Å²) in [7, 11) is 0. The van der Waals surface area contributed by atoms with Crippen LogP contribution in [0.4, 0.5) is 0 Å². The van der Waals surface area contributed by atoms with E-state index in [0.717, 1.165) is 43.4 Å². The molecule has 1 heterocycles. The van der Waals surface area contributed by atoms with Gasteiger partial charge in [-0.05, 0) is 48.9 Å². The number of benzene rings is 1. The second-order valence-corrected chi connectivity index (χ2v) is 5.78. The lowest BCUT2D eigenvalue weighted by atomic mass is 9.91. The van der Waals surface area contributed by atoms with Gasteiger partial charge in [-0.2, -0.15) is 0 Å². The fourth-order valence-corrected chi connectivity index (χ4v) is 3.15. The molecule has 4 heteroatoms. The van der Waals surface area contributed by atoms with E-state index in [4.69, 9.17) is 5.11 Å². The Bertz CT molecular complexity index is 606. The number of carboxylic acids is 1. The van der Waals surface area contributed by atoms with Crippen molar-refractivity contribution in [3.63, 3.8) is 0 Å². The monoisotopic (exact) mass is 285 g/mol. The second-order valence-electron chi connectivity index (χ2n) is 5.78. The van der Waals surface area contributed by atoms with Crippen molar-refractivity contribution in [2.45, 2.75) is 32.2 Å². The fraction of sp³-hybridized carbons (Fsp3) is 0.412. The number of hydrogen-bond donors (Lipinski definition) is 1. The van der Waals surface area contributed by atoms with E-state index in [2.05, 4.69) is 12.2 Å². The molecule has 1 N–H and O–H groups in total. The quantitative estimate of drug-likeness (QED) is 0.850. The number of carboxylic acid groups (broad SMARTS) is 1. The third-order valence-corrected chi connectivity index (χ3v) is 4.40. The molecule has 4 nitrogen and oxygen atoms in total. The number of nitrogens with zero attached hydrogens (tertiary/aromatic N) is 1. The van der Waals surface area contributed by atoms with E-state index in [0.29, 0.717) is 12.1 Å². The summed E-state index contributed by atoms with van der Waals surface area (Å²) in [6.07, 6.45) is 7.76. The maximum absolute atomic E-state index is 12.6. The molecule has 1 amide bonds. The van der Waals surface area contributed by atoms with Crippen molar-refractivity contribution < 1.29 is 14.7 Å². The van der Waals surface area contributed by atoms with Crippen LogP contribution in [-0.4, -0.2) is 28.4 Å². The Kier molecular flexibility index (Phi) is 3.78. The molecule has 1 aromatic carbocycles. The molecule has 1 aliphatic carbocycles. The first-order chi connectivity index (χ1) is 10.1. The van der Waals surface area contributed by atoms with Crippen LogP contribution in [0.3, 0.4) is 0 Å². The zero-order chi connectivity index (χ0) is 14.8. The summed E-state index contributed by atoms with van der Waals surface area (Å²) in [5.74, 6) is -0.608. The van der Waals surface area contributed by atoms with Crippen LogP contribution in [0.15, 0.2) is 30.4 Å². The van der Waals surface area contributed by atoms with Crippen LogP contribution in [0, 0.1) is 5.92 Å². The first kappa shape index (κ1) is 13.9. The predicted molar refractivity (Wildman–Crippen MR) is 79.0 cm³/mol. The fourth-order valence-electron chi connectivity index (χ4n) is 3.15. The Morgan fingerprint density at radius 3 is 2.76 bits per heavy atom. The van der Waals surface area contributed by atoms with E-state index in [1.54, 1.807) is 12.1 Å². The first-order valence-electron chi connectivity index (χ1n) is 7.44. The third kappa shape index (κ3) is 2.84. The van der Waals surface area contributed by atoms with Crippen LogP contribution in [-0.2, 0) is 17.8 Å². The van der Waals surface area contributed by atoms with Gasteiger partial charge in [0.15, 0.2) is 0 Å². The molecule has 1 atom stereocenters. The predicted octanol–water partition coefficient (Wildman–Crippen LogP) is 2.63. The minimum Gasteiger partial charge on any atom is -0.478 e. The summed E-state index contributed by atoms with van der Waals surface area (Å²) < 4.78 is 0. The van der Waals surface area contributed by atoms with Crippen LogP contribution >= 0.6 is 0 Å². The lowest BCUT2D eigenvalue weighted by Gasteiger charge is -2.32. The van der Waals surface area contributed by atoms with Crippen LogP contribution in [0.2, 0.25) is 0 Å². The highest BCUT2D eigenvalue weighted by Crippen LogP contribution is 2.25. The summed E-state index contributed by atoms with van der Waals surface area (Å²) in [6.45, 7) is 1.27. The van der Waals surface area contributed by atoms with Gasteiger partial charge in [0.1, 0.15) is 0 Å². The van der Waals surface area contributed by atoms with E-state index >= 15 is 0 Å². The molecule has 1 aromatic rings. The third-order valence-electron chi connectivity index (χ3n) is 4.40. The number of carbonyl (C=O) groups is 2. The van der Waals surface area contributed by atoms with Gasteiger partial charge in [0.05, 0.1) is 5.56 Å². The topological polar surface area (TPSA) is 57.6 Å². The van der Waals surface area contributed by atoms with E-state index < -0.39 is 5.97 Å². The van der Waals surface area contributed by atoms with E-state index in [-0.39, 0.29) is 11.8 Å². The zero-order valence-electron chi connectivity index (χ0n) is 11.9. The van der Waals surface area contributed by atoms with Crippen LogP contribution in [0.5, 0.6) is 0 Å².